The van der Waals surface area contributed by atoms with Crippen molar-refractivity contribution in [1.82, 2.24) is 26.2 Å². The Labute approximate surface area is 594 Å². The lowest BCUT2D eigenvalue weighted by Crippen LogP contribution is -2.34. The molecule has 0 fully saturated rings. The summed E-state index contributed by atoms with van der Waals surface area (Å²) in [5.74, 6) is 21.2. The average molecular weight is 1380 g/mol. The van der Waals surface area contributed by atoms with E-state index in [4.69, 9.17) is 41.0 Å². The summed E-state index contributed by atoms with van der Waals surface area (Å²) in [5, 5.41) is 80.8. The second-order valence-corrected chi connectivity index (χ2v) is 23.1. The number of carbonyl (C=O) groups is 8. The lowest BCUT2D eigenvalue weighted by atomic mass is 10.1. The molecule has 5 amide bonds. The van der Waals surface area contributed by atoms with Crippen LogP contribution in [-0.2, 0) is 14.4 Å². The molecule has 0 bridgehead atoms. The van der Waals surface area contributed by atoms with Gasteiger partial charge in [-0.1, -0.05) is 103 Å². The number of unbranched alkanes of at least 4 members (excludes halogenated alkanes) is 6. The Bertz CT molecular complexity index is 3750. The minimum Gasteiger partial charge on any atom is -0.481 e. The number of carbonyl (C=O) groups excluding carboxylic acids is 6. The fourth-order valence-corrected chi connectivity index (χ4v) is 7.91. The van der Waals surface area contributed by atoms with E-state index < -0.39 is 11.9 Å². The summed E-state index contributed by atoms with van der Waals surface area (Å²) in [6.07, 6.45) is 13.1. The topological polar surface area (TPSA) is 353 Å². The zero-order chi connectivity index (χ0) is 75.2. The molecule has 0 spiro atoms. The second-order valence-electron chi connectivity index (χ2n) is 23.1. The maximum atomic E-state index is 12.0. The number of allylic oxidation sites excluding steroid dienone is 1. The molecule has 538 valence electrons. The third-order valence-corrected chi connectivity index (χ3v) is 13.6. The Balaban J connectivity index is 0.000000632. The van der Waals surface area contributed by atoms with Crippen molar-refractivity contribution in [2.75, 3.05) is 47.1 Å². The second kappa shape index (κ2) is 54.3. The van der Waals surface area contributed by atoms with E-state index >= 15 is 0 Å². The highest BCUT2D eigenvalue weighted by Gasteiger charge is 2.13. The van der Waals surface area contributed by atoms with Crippen LogP contribution >= 0.6 is 0 Å². The SMILES string of the molecule is CC(CO)NC(=O)c1cccc(C#CCCCC#N)c1.CC(CO)NC(=O)c1cccc(C#CCCCC(=O)O)c1.CC(CO)NC(=O)c1cccc(C#CCCCO)c1.CCC(=O)CCC/C=C\c1cccc(C(=O)NC(C)CO)c1.CN(C)C(=O)CCCC#Cc1cccc(C(=O)O)c1. The summed E-state index contributed by atoms with van der Waals surface area (Å²) < 4.78 is 0. The lowest BCUT2D eigenvalue weighted by Gasteiger charge is -2.10. The highest BCUT2D eigenvalue weighted by Crippen LogP contribution is 2.12. The number of nitriles is 1. The number of nitrogens with zero attached hydrogens (tertiary/aromatic N) is 2. The first-order valence-corrected chi connectivity index (χ1v) is 33.4. The Morgan fingerprint density at radius 2 is 0.812 bits per heavy atom. The zero-order valence-corrected chi connectivity index (χ0v) is 58.9. The summed E-state index contributed by atoms with van der Waals surface area (Å²) in [6.45, 7) is 8.56. The molecule has 5 rings (SSSR count). The van der Waals surface area contributed by atoms with Gasteiger partial charge in [-0.05, 0) is 157 Å². The highest BCUT2D eigenvalue weighted by molar-refractivity contribution is 5.96. The maximum absolute atomic E-state index is 12.0. The molecular formula is C80H98N6O15. The van der Waals surface area contributed by atoms with Gasteiger partial charge in [-0.3, -0.25) is 33.6 Å². The van der Waals surface area contributed by atoms with Gasteiger partial charge in [-0.2, -0.15) is 5.26 Å². The number of aromatic carboxylic acids is 1. The molecule has 0 aromatic heterocycles. The molecule has 4 unspecified atom stereocenters. The van der Waals surface area contributed by atoms with Crippen molar-refractivity contribution in [3.8, 4) is 53.4 Å². The third kappa shape index (κ3) is 42.7. The van der Waals surface area contributed by atoms with Crippen LogP contribution in [0, 0.1) is 58.7 Å². The predicted octanol–water partition coefficient (Wildman–Crippen LogP) is 9.12. The molecule has 21 heteroatoms. The van der Waals surface area contributed by atoms with Crippen molar-refractivity contribution in [1.29, 1.82) is 5.26 Å². The van der Waals surface area contributed by atoms with Gasteiger partial charge in [0, 0.05) is 147 Å². The van der Waals surface area contributed by atoms with E-state index in [1.165, 1.54) is 6.07 Å². The van der Waals surface area contributed by atoms with E-state index in [-0.39, 0.29) is 98.7 Å². The quantitative estimate of drug-likeness (QED) is 0.0157. The van der Waals surface area contributed by atoms with Crippen molar-refractivity contribution in [3.63, 3.8) is 0 Å². The predicted molar refractivity (Wildman–Crippen MR) is 391 cm³/mol. The van der Waals surface area contributed by atoms with E-state index in [1.807, 2.05) is 49.4 Å². The van der Waals surface area contributed by atoms with E-state index in [0.29, 0.717) is 110 Å². The van der Waals surface area contributed by atoms with Crippen LogP contribution in [0.15, 0.2) is 127 Å². The van der Waals surface area contributed by atoms with Gasteiger partial charge in [-0.15, -0.1) is 0 Å². The van der Waals surface area contributed by atoms with E-state index in [2.05, 4.69) is 74.7 Å². The summed E-state index contributed by atoms with van der Waals surface area (Å²) in [6, 6.07) is 35.7. The molecule has 21 nitrogen and oxygen atoms in total. The van der Waals surface area contributed by atoms with Crippen molar-refractivity contribution in [2.45, 2.75) is 155 Å². The molecule has 0 heterocycles. The number of benzene rings is 5. The van der Waals surface area contributed by atoms with Gasteiger partial charge in [0.25, 0.3) is 23.6 Å². The van der Waals surface area contributed by atoms with Crippen LogP contribution in [0.25, 0.3) is 6.08 Å². The Morgan fingerprint density at radius 1 is 0.455 bits per heavy atom. The molecule has 0 aliphatic carbocycles. The minimum atomic E-state index is -0.958. The number of aliphatic hydroxyl groups is 5. The van der Waals surface area contributed by atoms with Crippen molar-refractivity contribution < 1.29 is 74.1 Å². The molecule has 0 saturated carbocycles. The summed E-state index contributed by atoms with van der Waals surface area (Å²) in [7, 11) is 3.46. The van der Waals surface area contributed by atoms with Gasteiger partial charge >= 0.3 is 11.9 Å². The number of carboxylic acid groups (broad SMARTS) is 2. The first-order valence-electron chi connectivity index (χ1n) is 33.4. The van der Waals surface area contributed by atoms with Gasteiger partial charge in [0.05, 0.1) is 38.1 Å². The highest BCUT2D eigenvalue weighted by atomic mass is 16.4. The van der Waals surface area contributed by atoms with Gasteiger partial charge in [0.2, 0.25) is 5.91 Å². The number of amides is 5. The van der Waals surface area contributed by atoms with E-state index in [1.54, 1.807) is 132 Å². The number of rotatable bonds is 29. The van der Waals surface area contributed by atoms with Crippen molar-refractivity contribution >= 4 is 53.3 Å². The first kappa shape index (κ1) is 88.3. The smallest absolute Gasteiger partial charge is 0.335 e. The van der Waals surface area contributed by atoms with E-state index in [9.17, 15) is 38.4 Å². The molecule has 5 aromatic rings. The van der Waals surface area contributed by atoms with Crippen LogP contribution in [0.3, 0.4) is 0 Å². The van der Waals surface area contributed by atoms with Crippen LogP contribution in [0.1, 0.15) is 211 Å². The summed E-state index contributed by atoms with van der Waals surface area (Å²) in [4.78, 5) is 92.8. The van der Waals surface area contributed by atoms with Crippen molar-refractivity contribution in [2.24, 2.45) is 0 Å². The summed E-state index contributed by atoms with van der Waals surface area (Å²) in [5.41, 5.74) is 6.20. The fraction of sp³-hybridized carbons (Fsp3) is 0.388. The van der Waals surface area contributed by atoms with Crippen LogP contribution in [0.2, 0.25) is 0 Å². The van der Waals surface area contributed by atoms with Crippen LogP contribution < -0.4 is 21.3 Å². The number of hydrogen-bond donors (Lipinski definition) is 11. The number of hydrogen-bond acceptors (Lipinski definition) is 14. The molecule has 4 atom stereocenters. The number of Topliss-reactive ketones (excluding diaryl/α,β-unsaturated/α-hetero) is 1. The third-order valence-electron chi connectivity index (χ3n) is 13.6. The van der Waals surface area contributed by atoms with Gasteiger partial charge in [0.1, 0.15) is 5.78 Å². The Hall–Kier alpha value is -10.7. The number of ketones is 1. The standard InChI is InChI=1S/C18H25NO3.C16H18N2O2.C16H19NO4.C15H17NO3.C15H19NO3/c1-3-17(21)11-6-4-5-8-15-9-7-10-16(12-15)18(22)19-14(2)13-20;1-13(12-19)18-16(20)15-9-6-8-14(11-15)7-4-2-3-5-10-17;1-12(11-18)17-16(21)14-8-5-7-13(10-14)6-3-2-4-9-15(19)20;1-16(2)14(17)10-5-3-4-7-12-8-6-9-13(11-12)15(18)19;1-12(11-18)16-15(19)14-8-5-7-13(10-14)6-3-2-4-9-17/h5,7-10,12,14,20H,3-4,6,11,13H2,1-2H3,(H,19,22);6,8-9,11,13,19H,2-3,5,12H2,1H3,(H,18,20);5,7-8,10,12,18H,2,4,9,11H2,1H3,(H,17,21)(H,19,20);6,8-9,11H,3,5,10H2,1-2H3,(H,18,19);5,7-8,10,12,17-18H,2,4,9,11H2,1H3,(H,16,19)/b8-5-;;;;. The number of aliphatic carboxylic acids is 1. The minimum absolute atomic E-state index is 0.0815. The number of aliphatic hydroxyl groups excluding tert-OH is 5. The van der Waals surface area contributed by atoms with Crippen LogP contribution in [0.5, 0.6) is 0 Å². The first-order chi connectivity index (χ1) is 48.4. The van der Waals surface area contributed by atoms with Crippen LogP contribution in [0.4, 0.5) is 0 Å². The Kier molecular flexibility index (Phi) is 47.5. The molecule has 5 aromatic carbocycles. The molecular weight excluding hydrogens is 1280 g/mol. The monoisotopic (exact) mass is 1380 g/mol. The molecule has 0 aliphatic rings. The Morgan fingerprint density at radius 3 is 1.17 bits per heavy atom. The lowest BCUT2D eigenvalue weighted by molar-refractivity contribution is -0.137. The van der Waals surface area contributed by atoms with Gasteiger partial charge < -0.3 is 61.9 Å². The van der Waals surface area contributed by atoms with Gasteiger partial charge in [0.15, 0.2) is 0 Å². The fourth-order valence-electron chi connectivity index (χ4n) is 7.91. The number of carboxylic acids is 2. The largest absolute Gasteiger partial charge is 0.481 e. The molecule has 101 heavy (non-hydrogen) atoms. The van der Waals surface area contributed by atoms with E-state index in [0.717, 1.165) is 36.0 Å². The zero-order valence-electron chi connectivity index (χ0n) is 58.9. The maximum Gasteiger partial charge on any atom is 0.335 e. The summed E-state index contributed by atoms with van der Waals surface area (Å²) >= 11 is 0. The van der Waals surface area contributed by atoms with Gasteiger partial charge in [-0.25, -0.2) is 4.79 Å². The molecule has 0 aliphatic heterocycles. The molecule has 0 radical (unpaired) electrons. The number of nitrogens with one attached hydrogen (secondary N) is 4. The molecule has 11 N–H and O–H groups in total. The molecule has 0 saturated heterocycles. The normalized spacial score (nSPS) is 11.0. The average Bonchev–Trinajstić information content (AvgIpc) is 0.951. The van der Waals surface area contributed by atoms with Crippen LogP contribution in [-0.4, -0.2) is 159 Å². The van der Waals surface area contributed by atoms with Crippen molar-refractivity contribution in [3.05, 3.63) is 183 Å².